The Labute approximate surface area is 125 Å². The zero-order chi connectivity index (χ0) is 16.2. The largest absolute Gasteiger partial charge is 0.435 e. The molecule has 0 aromatic carbocycles. The Balaban J connectivity index is 1.71. The summed E-state index contributed by atoms with van der Waals surface area (Å²) in [7, 11) is 0. The van der Waals surface area contributed by atoms with E-state index in [1.807, 2.05) is 0 Å². The first-order chi connectivity index (χ1) is 10.4. The minimum atomic E-state index is -4.52. The molecule has 2 heterocycles. The first-order valence-corrected chi connectivity index (χ1v) is 7.01. The molecule has 1 aromatic heterocycles. The molecule has 0 radical (unpaired) electrons. The number of hydrogen-bond acceptors (Lipinski definition) is 3. The van der Waals surface area contributed by atoms with Gasteiger partial charge in [0.25, 0.3) is 0 Å². The fraction of sp³-hybridized carbons (Fsp3) is 0.615. The number of carbonyl (C=O) groups excluding carboxylic acids is 2. The molecule has 2 amide bonds. The van der Waals surface area contributed by atoms with Crippen LogP contribution in [0.2, 0.25) is 0 Å². The van der Waals surface area contributed by atoms with Crippen molar-refractivity contribution in [2.75, 3.05) is 19.6 Å². The average molecular weight is 318 g/mol. The smallest absolute Gasteiger partial charge is 0.354 e. The maximum atomic E-state index is 12.4. The number of likely N-dealkylation sites (tertiary alicyclic amines) is 1. The summed E-state index contributed by atoms with van der Waals surface area (Å²) in [5.41, 5.74) is -1.04. The van der Waals surface area contributed by atoms with Gasteiger partial charge in [-0.05, 0) is 18.9 Å². The summed E-state index contributed by atoms with van der Waals surface area (Å²) in [4.78, 5) is 25.1. The van der Waals surface area contributed by atoms with E-state index in [2.05, 4.69) is 10.4 Å². The Kier molecular flexibility index (Phi) is 5.04. The molecule has 1 aromatic rings. The molecule has 122 valence electrons. The summed E-state index contributed by atoms with van der Waals surface area (Å²) in [6.45, 7) is 1.36. The summed E-state index contributed by atoms with van der Waals surface area (Å²) >= 11 is 0. The molecule has 0 saturated carbocycles. The molecule has 1 aliphatic heterocycles. The number of nitrogens with one attached hydrogen (secondary N) is 1. The normalized spacial score (nSPS) is 15.1. The van der Waals surface area contributed by atoms with Crippen LogP contribution >= 0.6 is 0 Å². The van der Waals surface area contributed by atoms with Crippen LogP contribution in [0, 0.1) is 0 Å². The molecule has 1 saturated heterocycles. The highest BCUT2D eigenvalue weighted by Crippen LogP contribution is 2.27. The van der Waals surface area contributed by atoms with E-state index in [1.54, 1.807) is 4.90 Å². The van der Waals surface area contributed by atoms with Crippen molar-refractivity contribution in [1.82, 2.24) is 20.0 Å². The highest BCUT2D eigenvalue weighted by atomic mass is 19.4. The van der Waals surface area contributed by atoms with Gasteiger partial charge >= 0.3 is 6.18 Å². The summed E-state index contributed by atoms with van der Waals surface area (Å²) in [6, 6.07) is 0.810. The van der Waals surface area contributed by atoms with Crippen molar-refractivity contribution in [3.63, 3.8) is 0 Å². The summed E-state index contributed by atoms with van der Waals surface area (Å²) in [6.07, 6.45) is -1.24. The topological polar surface area (TPSA) is 67.2 Å². The molecule has 0 aliphatic carbocycles. The van der Waals surface area contributed by atoms with Gasteiger partial charge < -0.3 is 10.2 Å². The molecule has 6 nitrogen and oxygen atoms in total. The molecular formula is C13H17F3N4O2. The third-order valence-electron chi connectivity index (χ3n) is 3.36. The first kappa shape index (κ1) is 16.3. The number of carbonyl (C=O) groups is 2. The fourth-order valence-corrected chi connectivity index (χ4v) is 2.24. The number of alkyl halides is 3. The lowest BCUT2D eigenvalue weighted by atomic mass is 10.3. The van der Waals surface area contributed by atoms with Crippen molar-refractivity contribution in [2.24, 2.45) is 0 Å². The van der Waals surface area contributed by atoms with Crippen LogP contribution in [0.25, 0.3) is 0 Å². The number of hydrogen-bond donors (Lipinski definition) is 1. The number of aromatic nitrogens is 2. The Morgan fingerprint density at radius 1 is 1.27 bits per heavy atom. The van der Waals surface area contributed by atoms with Crippen molar-refractivity contribution < 1.29 is 22.8 Å². The van der Waals surface area contributed by atoms with Crippen LogP contribution in [0.1, 0.15) is 25.0 Å². The van der Waals surface area contributed by atoms with Gasteiger partial charge in [-0.3, -0.25) is 14.3 Å². The predicted octanol–water partition coefficient (Wildman–Crippen LogP) is 1.03. The summed E-state index contributed by atoms with van der Waals surface area (Å²) < 4.78 is 38.0. The van der Waals surface area contributed by atoms with Gasteiger partial charge in [0.2, 0.25) is 11.8 Å². The molecule has 0 bridgehead atoms. The van der Waals surface area contributed by atoms with Gasteiger partial charge in [-0.1, -0.05) is 0 Å². The van der Waals surface area contributed by atoms with E-state index in [-0.39, 0.29) is 25.4 Å². The maximum Gasteiger partial charge on any atom is 0.435 e. The second-order valence-corrected chi connectivity index (χ2v) is 5.08. The second kappa shape index (κ2) is 6.80. The molecule has 0 spiro atoms. The quantitative estimate of drug-likeness (QED) is 0.882. The molecule has 9 heteroatoms. The predicted molar refractivity (Wildman–Crippen MR) is 70.7 cm³/mol. The molecule has 1 aliphatic rings. The van der Waals surface area contributed by atoms with E-state index in [4.69, 9.17) is 0 Å². The van der Waals surface area contributed by atoms with Crippen molar-refractivity contribution >= 4 is 11.8 Å². The molecule has 1 N–H and O–H groups in total. The molecule has 22 heavy (non-hydrogen) atoms. The lowest BCUT2D eigenvalue weighted by Crippen LogP contribution is -2.34. The van der Waals surface area contributed by atoms with Gasteiger partial charge in [-0.15, -0.1) is 0 Å². The van der Waals surface area contributed by atoms with Crippen molar-refractivity contribution in [1.29, 1.82) is 0 Å². The lowest BCUT2D eigenvalue weighted by Gasteiger charge is -2.15. The van der Waals surface area contributed by atoms with E-state index < -0.39 is 17.8 Å². The van der Waals surface area contributed by atoms with Crippen LogP contribution in [0.3, 0.4) is 0 Å². The van der Waals surface area contributed by atoms with Crippen LogP contribution in [-0.4, -0.2) is 46.1 Å². The van der Waals surface area contributed by atoms with Crippen LogP contribution in [0.4, 0.5) is 13.2 Å². The van der Waals surface area contributed by atoms with Gasteiger partial charge in [0.15, 0.2) is 5.69 Å². The molecule has 2 rings (SSSR count). The Bertz CT molecular complexity index is 536. The van der Waals surface area contributed by atoms with E-state index in [9.17, 15) is 22.8 Å². The monoisotopic (exact) mass is 318 g/mol. The van der Waals surface area contributed by atoms with E-state index in [0.717, 1.165) is 42.9 Å². The van der Waals surface area contributed by atoms with Gasteiger partial charge in [0, 0.05) is 32.3 Å². The lowest BCUT2D eigenvalue weighted by molar-refractivity contribution is -0.141. The Morgan fingerprint density at radius 2 is 1.95 bits per heavy atom. The zero-order valence-corrected chi connectivity index (χ0v) is 11.9. The molecular weight excluding hydrogens is 301 g/mol. The van der Waals surface area contributed by atoms with Crippen LogP contribution in [0.15, 0.2) is 12.3 Å². The molecule has 1 fully saturated rings. The highest BCUT2D eigenvalue weighted by molar-refractivity contribution is 5.79. The number of rotatable bonds is 5. The zero-order valence-electron chi connectivity index (χ0n) is 11.9. The van der Waals surface area contributed by atoms with Crippen LogP contribution in [-0.2, 0) is 22.3 Å². The standard InChI is InChI=1S/C13H17F3N4O2/c14-13(15,16)10-4-8-20(18-10)9-11(21)17-5-3-12(22)19-6-1-2-7-19/h4,8H,1-3,5-7,9H2,(H,17,21). The maximum absolute atomic E-state index is 12.4. The van der Waals surface area contributed by atoms with E-state index >= 15 is 0 Å². The summed E-state index contributed by atoms with van der Waals surface area (Å²) in [5.74, 6) is -0.498. The number of nitrogens with zero attached hydrogens (tertiary/aromatic N) is 3. The minimum Gasteiger partial charge on any atom is -0.354 e. The third kappa shape index (κ3) is 4.47. The van der Waals surface area contributed by atoms with Crippen LogP contribution < -0.4 is 5.32 Å². The van der Waals surface area contributed by atoms with Crippen LogP contribution in [0.5, 0.6) is 0 Å². The van der Waals surface area contributed by atoms with Gasteiger partial charge in [0.05, 0.1) is 0 Å². The second-order valence-electron chi connectivity index (χ2n) is 5.08. The first-order valence-electron chi connectivity index (χ1n) is 7.01. The molecule has 0 unspecified atom stereocenters. The van der Waals surface area contributed by atoms with Gasteiger partial charge in [-0.25, -0.2) is 0 Å². The summed E-state index contributed by atoms with van der Waals surface area (Å²) in [5, 5.41) is 5.79. The third-order valence-corrected chi connectivity index (χ3v) is 3.36. The van der Waals surface area contributed by atoms with Crippen molar-refractivity contribution in [3.05, 3.63) is 18.0 Å². The van der Waals surface area contributed by atoms with E-state index in [1.165, 1.54) is 0 Å². The fourth-order valence-electron chi connectivity index (χ4n) is 2.24. The van der Waals surface area contributed by atoms with E-state index in [0.29, 0.717) is 0 Å². The van der Waals surface area contributed by atoms with Crippen molar-refractivity contribution in [3.8, 4) is 0 Å². The van der Waals surface area contributed by atoms with Gasteiger partial charge in [-0.2, -0.15) is 18.3 Å². The van der Waals surface area contributed by atoms with Crippen molar-refractivity contribution in [2.45, 2.75) is 32.0 Å². The molecule has 0 atom stereocenters. The highest BCUT2D eigenvalue weighted by Gasteiger charge is 2.33. The Morgan fingerprint density at radius 3 is 2.55 bits per heavy atom. The average Bonchev–Trinajstić information content (AvgIpc) is 3.08. The Hall–Kier alpha value is -2.06. The number of amides is 2. The number of halogens is 3. The van der Waals surface area contributed by atoms with Gasteiger partial charge in [0.1, 0.15) is 6.54 Å². The minimum absolute atomic E-state index is 0.0174. The SMILES string of the molecule is O=C(Cn1ccc(C(F)(F)F)n1)NCCC(=O)N1CCCC1.